The lowest BCUT2D eigenvalue weighted by Gasteiger charge is -2.26. The molecular formula is C19H23NO4. The molecule has 0 aliphatic heterocycles. The molecule has 0 aliphatic carbocycles. The fourth-order valence-corrected chi connectivity index (χ4v) is 2.02. The summed E-state index contributed by atoms with van der Waals surface area (Å²) in [5, 5.41) is 0. The van der Waals surface area contributed by atoms with Crippen molar-refractivity contribution in [1.29, 1.82) is 0 Å². The lowest BCUT2D eigenvalue weighted by molar-refractivity contribution is 0.0584. The predicted molar refractivity (Wildman–Crippen MR) is 94.3 cm³/mol. The Morgan fingerprint density at radius 3 is 2.46 bits per heavy atom. The van der Waals surface area contributed by atoms with E-state index in [0.29, 0.717) is 6.54 Å². The summed E-state index contributed by atoms with van der Waals surface area (Å²) in [6.07, 6.45) is 4.87. The third-order valence-electron chi connectivity index (χ3n) is 3.11. The minimum Gasteiger partial charge on any atom is -0.497 e. The van der Waals surface area contributed by atoms with Crippen molar-refractivity contribution < 1.29 is 18.7 Å². The van der Waals surface area contributed by atoms with Crippen molar-refractivity contribution in [3.05, 3.63) is 54.5 Å². The van der Waals surface area contributed by atoms with Gasteiger partial charge in [0.1, 0.15) is 17.1 Å². The number of hydrogen-bond acceptors (Lipinski definition) is 4. The first kappa shape index (κ1) is 17.7. The summed E-state index contributed by atoms with van der Waals surface area (Å²) in [6, 6.07) is 10.9. The van der Waals surface area contributed by atoms with E-state index < -0.39 is 11.7 Å². The molecule has 5 nitrogen and oxygen atoms in total. The second-order valence-corrected chi connectivity index (χ2v) is 6.21. The molecule has 0 saturated carbocycles. The summed E-state index contributed by atoms with van der Waals surface area (Å²) in [7, 11) is 1.60. The van der Waals surface area contributed by atoms with Crippen LogP contribution in [0, 0.1) is 0 Å². The van der Waals surface area contributed by atoms with Crippen LogP contribution >= 0.6 is 0 Å². The molecule has 0 aliphatic rings. The summed E-state index contributed by atoms with van der Waals surface area (Å²) in [6.45, 7) is 5.89. The molecule has 24 heavy (non-hydrogen) atoms. The molecule has 1 aromatic carbocycles. The van der Waals surface area contributed by atoms with Crippen LogP contribution in [0.25, 0.3) is 6.08 Å². The van der Waals surface area contributed by atoms with Crippen molar-refractivity contribution in [2.75, 3.05) is 18.6 Å². The standard InChI is InChI=1S/C19H23NO4/c1-19(2,3)24-18(21)20(13-5-7-17-8-6-14-23-17)15-9-11-16(22-4)12-10-15/h5-12,14H,13H2,1-4H3/b7-5+. The van der Waals surface area contributed by atoms with Gasteiger partial charge in [0.05, 0.1) is 13.4 Å². The smallest absolute Gasteiger partial charge is 0.415 e. The van der Waals surface area contributed by atoms with E-state index in [-0.39, 0.29) is 0 Å². The van der Waals surface area contributed by atoms with Crippen LogP contribution in [0.2, 0.25) is 0 Å². The van der Waals surface area contributed by atoms with Crippen LogP contribution in [0.3, 0.4) is 0 Å². The Morgan fingerprint density at radius 2 is 1.92 bits per heavy atom. The zero-order valence-electron chi connectivity index (χ0n) is 14.5. The van der Waals surface area contributed by atoms with E-state index in [4.69, 9.17) is 13.9 Å². The van der Waals surface area contributed by atoms with E-state index in [1.54, 1.807) is 18.3 Å². The molecule has 0 saturated heterocycles. The highest BCUT2D eigenvalue weighted by Gasteiger charge is 2.22. The van der Waals surface area contributed by atoms with E-state index in [1.165, 1.54) is 0 Å². The summed E-state index contributed by atoms with van der Waals surface area (Å²) in [4.78, 5) is 14.1. The van der Waals surface area contributed by atoms with Crippen molar-refractivity contribution in [3.8, 4) is 5.75 Å². The van der Waals surface area contributed by atoms with E-state index >= 15 is 0 Å². The Kier molecular flexibility index (Phi) is 5.68. The fraction of sp³-hybridized carbons (Fsp3) is 0.316. The minimum atomic E-state index is -0.563. The predicted octanol–water partition coefficient (Wildman–Crippen LogP) is 4.74. The maximum absolute atomic E-state index is 12.5. The number of methoxy groups -OCH3 is 1. The van der Waals surface area contributed by atoms with Gasteiger partial charge >= 0.3 is 6.09 Å². The van der Waals surface area contributed by atoms with Crippen LogP contribution in [0.15, 0.2) is 53.2 Å². The van der Waals surface area contributed by atoms with Gasteiger partial charge < -0.3 is 13.9 Å². The van der Waals surface area contributed by atoms with Gasteiger partial charge in [-0.25, -0.2) is 4.79 Å². The monoisotopic (exact) mass is 329 g/mol. The maximum atomic E-state index is 12.5. The number of ether oxygens (including phenoxy) is 2. The number of amides is 1. The summed E-state index contributed by atoms with van der Waals surface area (Å²) in [5.41, 5.74) is 0.168. The number of hydrogen-bond donors (Lipinski definition) is 0. The van der Waals surface area contributed by atoms with Gasteiger partial charge in [-0.3, -0.25) is 4.90 Å². The molecule has 5 heteroatoms. The van der Waals surface area contributed by atoms with Crippen LogP contribution in [0.1, 0.15) is 26.5 Å². The molecule has 128 valence electrons. The fourth-order valence-electron chi connectivity index (χ4n) is 2.02. The highest BCUT2D eigenvalue weighted by Crippen LogP contribution is 2.22. The molecule has 0 unspecified atom stereocenters. The Balaban J connectivity index is 2.17. The number of furan rings is 1. The number of carbonyl (C=O) groups excluding carboxylic acids is 1. The molecule has 0 atom stereocenters. The first-order chi connectivity index (χ1) is 11.4. The van der Waals surface area contributed by atoms with E-state index in [0.717, 1.165) is 17.2 Å². The van der Waals surface area contributed by atoms with Gasteiger partial charge in [0, 0.05) is 12.2 Å². The van der Waals surface area contributed by atoms with Gasteiger partial charge in [-0.1, -0.05) is 6.08 Å². The quantitative estimate of drug-likeness (QED) is 0.795. The third kappa shape index (κ3) is 5.19. The number of rotatable bonds is 5. The van der Waals surface area contributed by atoms with Crippen LogP contribution in [0.5, 0.6) is 5.75 Å². The molecule has 1 amide bonds. The topological polar surface area (TPSA) is 51.9 Å². The molecule has 1 aromatic heterocycles. The Hall–Kier alpha value is -2.69. The van der Waals surface area contributed by atoms with Gasteiger partial charge in [0.15, 0.2) is 0 Å². The van der Waals surface area contributed by atoms with Crippen molar-refractivity contribution in [2.45, 2.75) is 26.4 Å². The number of carbonyl (C=O) groups is 1. The largest absolute Gasteiger partial charge is 0.497 e. The summed E-state index contributed by atoms with van der Waals surface area (Å²) >= 11 is 0. The molecule has 0 radical (unpaired) electrons. The molecule has 0 N–H and O–H groups in total. The van der Waals surface area contributed by atoms with Crippen molar-refractivity contribution >= 4 is 17.9 Å². The summed E-state index contributed by atoms with van der Waals surface area (Å²) < 4.78 is 15.9. The average Bonchev–Trinajstić information content (AvgIpc) is 3.03. The van der Waals surface area contributed by atoms with Gasteiger partial charge in [-0.15, -0.1) is 0 Å². The number of benzene rings is 1. The average molecular weight is 329 g/mol. The van der Waals surface area contributed by atoms with E-state index in [1.807, 2.05) is 69.3 Å². The molecule has 1 heterocycles. The lowest BCUT2D eigenvalue weighted by atomic mass is 10.2. The van der Waals surface area contributed by atoms with E-state index in [9.17, 15) is 4.79 Å². The Morgan fingerprint density at radius 1 is 1.21 bits per heavy atom. The highest BCUT2D eigenvalue weighted by atomic mass is 16.6. The zero-order chi connectivity index (χ0) is 17.6. The second kappa shape index (κ2) is 7.73. The molecule has 2 aromatic rings. The zero-order valence-corrected chi connectivity index (χ0v) is 14.5. The van der Waals surface area contributed by atoms with Crippen LogP contribution in [0.4, 0.5) is 10.5 Å². The van der Waals surface area contributed by atoms with Crippen LogP contribution < -0.4 is 9.64 Å². The van der Waals surface area contributed by atoms with E-state index in [2.05, 4.69) is 0 Å². The van der Waals surface area contributed by atoms with Crippen molar-refractivity contribution in [1.82, 2.24) is 0 Å². The molecule has 0 bridgehead atoms. The van der Waals surface area contributed by atoms with Crippen molar-refractivity contribution in [3.63, 3.8) is 0 Å². The Labute approximate surface area is 142 Å². The number of anilines is 1. The Bertz CT molecular complexity index is 666. The van der Waals surface area contributed by atoms with Gasteiger partial charge in [0.2, 0.25) is 0 Å². The highest BCUT2D eigenvalue weighted by molar-refractivity contribution is 5.88. The summed E-state index contributed by atoms with van der Waals surface area (Å²) in [5.74, 6) is 1.46. The second-order valence-electron chi connectivity index (χ2n) is 6.21. The van der Waals surface area contributed by atoms with Gasteiger partial charge in [-0.05, 0) is 63.2 Å². The minimum absolute atomic E-state index is 0.363. The number of nitrogens with zero attached hydrogens (tertiary/aromatic N) is 1. The first-order valence-corrected chi connectivity index (χ1v) is 7.73. The normalized spacial score (nSPS) is 11.5. The molecular weight excluding hydrogens is 306 g/mol. The molecule has 0 fully saturated rings. The van der Waals surface area contributed by atoms with Crippen LogP contribution in [-0.4, -0.2) is 25.3 Å². The third-order valence-corrected chi connectivity index (χ3v) is 3.11. The van der Waals surface area contributed by atoms with Crippen molar-refractivity contribution in [2.24, 2.45) is 0 Å². The van der Waals surface area contributed by atoms with Gasteiger partial charge in [0.25, 0.3) is 0 Å². The molecule has 2 rings (SSSR count). The van der Waals surface area contributed by atoms with Crippen LogP contribution in [-0.2, 0) is 4.74 Å². The molecule has 0 spiro atoms. The SMILES string of the molecule is COc1ccc(N(C/C=C/c2ccco2)C(=O)OC(C)(C)C)cc1. The maximum Gasteiger partial charge on any atom is 0.415 e. The van der Waals surface area contributed by atoms with Gasteiger partial charge in [-0.2, -0.15) is 0 Å². The lowest BCUT2D eigenvalue weighted by Crippen LogP contribution is -2.37. The first-order valence-electron chi connectivity index (χ1n) is 7.73.